The van der Waals surface area contributed by atoms with Gasteiger partial charge in [0.05, 0.1) is 9.95 Å². The van der Waals surface area contributed by atoms with Crippen LogP contribution in [0.5, 0.6) is 5.75 Å². The van der Waals surface area contributed by atoms with Gasteiger partial charge >= 0.3 is 0 Å². The average Bonchev–Trinajstić information content (AvgIpc) is 3.18. The minimum Gasteiger partial charge on any atom is -0.478 e. The zero-order valence-corrected chi connectivity index (χ0v) is 15.0. The normalized spacial score (nSPS) is 18.6. The van der Waals surface area contributed by atoms with E-state index in [2.05, 4.69) is 10.2 Å². The number of nitriles is 1. The van der Waals surface area contributed by atoms with E-state index in [1.165, 1.54) is 11.3 Å². The number of carbonyl (C=O) groups excluding carboxylic acids is 1. The molecule has 2 aromatic rings. The molecule has 0 radical (unpaired) electrons. The maximum Gasteiger partial charge on any atom is 0.186 e. The number of hydrogen-bond donors (Lipinski definition) is 1. The first kappa shape index (κ1) is 17.3. The number of aryl methyl sites for hydroxylation is 1. The summed E-state index contributed by atoms with van der Waals surface area (Å²) in [6, 6.07) is 9.11. The van der Waals surface area contributed by atoms with E-state index in [1.54, 1.807) is 18.2 Å². The molecular formula is C17H14N4O2S2. The molecule has 1 atom stereocenters. The zero-order chi connectivity index (χ0) is 17.8. The van der Waals surface area contributed by atoms with Gasteiger partial charge in [-0.15, -0.1) is 21.5 Å². The van der Waals surface area contributed by atoms with E-state index in [4.69, 9.17) is 15.4 Å². The summed E-state index contributed by atoms with van der Waals surface area (Å²) >= 11 is 2.51. The molecule has 1 aromatic carbocycles. The highest BCUT2D eigenvalue weighted by Crippen LogP contribution is 2.42. The molecule has 6 nitrogen and oxygen atoms in total. The van der Waals surface area contributed by atoms with Crippen molar-refractivity contribution in [3.05, 3.63) is 44.7 Å². The largest absolute Gasteiger partial charge is 0.478 e. The quantitative estimate of drug-likeness (QED) is 0.810. The Balaban J connectivity index is 1.90. The highest BCUT2D eigenvalue weighted by Gasteiger charge is 2.39. The summed E-state index contributed by atoms with van der Waals surface area (Å²) in [5.41, 5.74) is 0.702. The number of nitrogens with zero attached hydrogens (tertiary/aromatic N) is 3. The van der Waals surface area contributed by atoms with Crippen LogP contribution in [0.2, 0.25) is 0 Å². The first-order chi connectivity index (χ1) is 12.1. The number of nitrogens with one attached hydrogen (secondary N) is 1. The van der Waals surface area contributed by atoms with E-state index in [-0.39, 0.29) is 17.4 Å². The molecule has 1 aliphatic heterocycles. The highest BCUT2D eigenvalue weighted by molar-refractivity contribution is 8.19. The van der Waals surface area contributed by atoms with Crippen LogP contribution in [0.4, 0.5) is 0 Å². The third-order valence-electron chi connectivity index (χ3n) is 3.52. The van der Waals surface area contributed by atoms with Gasteiger partial charge < -0.3 is 4.74 Å². The molecule has 1 aromatic heterocycles. The van der Waals surface area contributed by atoms with E-state index in [0.717, 1.165) is 23.2 Å². The average molecular weight is 370 g/mol. The van der Waals surface area contributed by atoms with Crippen LogP contribution < -0.4 is 4.74 Å². The van der Waals surface area contributed by atoms with E-state index in [1.807, 2.05) is 25.1 Å². The Morgan fingerprint density at radius 2 is 2.20 bits per heavy atom. The number of aromatic nitrogens is 2. The second-order valence-electron chi connectivity index (χ2n) is 5.14. The Labute approximate surface area is 153 Å². The second-order valence-corrected chi connectivity index (χ2v) is 7.32. The van der Waals surface area contributed by atoms with Crippen molar-refractivity contribution in [3.63, 3.8) is 0 Å². The van der Waals surface area contributed by atoms with Crippen LogP contribution in [-0.4, -0.2) is 27.6 Å². The molecule has 0 spiro atoms. The van der Waals surface area contributed by atoms with E-state index >= 15 is 0 Å². The molecule has 0 aliphatic carbocycles. The van der Waals surface area contributed by atoms with Gasteiger partial charge in [0.25, 0.3) is 0 Å². The molecule has 1 fully saturated rings. The molecule has 25 heavy (non-hydrogen) atoms. The van der Waals surface area contributed by atoms with Gasteiger partial charge in [0.15, 0.2) is 12.4 Å². The number of carbonyl (C=O) groups is 1. The second kappa shape index (κ2) is 7.59. The van der Waals surface area contributed by atoms with Gasteiger partial charge in [0.2, 0.25) is 0 Å². The number of benzene rings is 1. The molecule has 0 amide bonds. The number of Topliss-reactive ketones (excluding diaryl/α,β-unsaturated/α-hetero) is 1. The predicted molar refractivity (Wildman–Crippen MR) is 97.9 cm³/mol. The maximum absolute atomic E-state index is 12.8. The molecule has 2 heterocycles. The molecule has 1 aliphatic rings. The standard InChI is InChI=1S/C17H14N4O2S2/c1-2-13-20-21-17(25-13)14-15(22)12(24-16(14)19)9-10-5-3-4-6-11(10)23-8-7-18/h3-6,9,14,19H,2,8H2,1H3/b12-9-,19-16?/t14-/m1/s1. The summed E-state index contributed by atoms with van der Waals surface area (Å²) in [5, 5.41) is 26.6. The minimum absolute atomic E-state index is 0.0652. The van der Waals surface area contributed by atoms with Crippen molar-refractivity contribution in [2.24, 2.45) is 0 Å². The number of para-hydroxylation sites is 1. The van der Waals surface area contributed by atoms with Gasteiger partial charge in [-0.1, -0.05) is 36.9 Å². The topological polar surface area (TPSA) is 99.7 Å². The number of hydrogen-bond acceptors (Lipinski definition) is 8. The van der Waals surface area contributed by atoms with Gasteiger partial charge in [-0.25, -0.2) is 0 Å². The fraction of sp³-hybridized carbons (Fsp3) is 0.235. The summed E-state index contributed by atoms with van der Waals surface area (Å²) in [7, 11) is 0. The number of ether oxygens (including phenoxy) is 1. The van der Waals surface area contributed by atoms with Gasteiger partial charge in [-0.05, 0) is 18.6 Å². The van der Waals surface area contributed by atoms with Crippen LogP contribution in [0.1, 0.15) is 28.4 Å². The van der Waals surface area contributed by atoms with Crippen LogP contribution in [0.15, 0.2) is 29.2 Å². The monoisotopic (exact) mass is 370 g/mol. The van der Waals surface area contributed by atoms with Crippen molar-refractivity contribution in [2.45, 2.75) is 19.3 Å². The van der Waals surface area contributed by atoms with Gasteiger partial charge in [0.1, 0.15) is 27.8 Å². The van der Waals surface area contributed by atoms with Gasteiger partial charge in [-0.2, -0.15) is 5.26 Å². The van der Waals surface area contributed by atoms with Crippen molar-refractivity contribution >= 4 is 40.0 Å². The molecule has 8 heteroatoms. The van der Waals surface area contributed by atoms with Crippen molar-refractivity contribution < 1.29 is 9.53 Å². The van der Waals surface area contributed by atoms with E-state index in [0.29, 0.717) is 21.2 Å². The molecule has 126 valence electrons. The highest BCUT2D eigenvalue weighted by atomic mass is 32.2. The van der Waals surface area contributed by atoms with Crippen molar-refractivity contribution in [1.82, 2.24) is 10.2 Å². The summed E-state index contributed by atoms with van der Waals surface area (Å²) in [6.45, 7) is 1.91. The number of rotatable bonds is 5. The van der Waals surface area contributed by atoms with Crippen LogP contribution >= 0.6 is 23.1 Å². The van der Waals surface area contributed by atoms with Crippen LogP contribution in [0.3, 0.4) is 0 Å². The summed E-state index contributed by atoms with van der Waals surface area (Å²) < 4.78 is 5.39. The van der Waals surface area contributed by atoms with Crippen LogP contribution in [-0.2, 0) is 11.2 Å². The maximum atomic E-state index is 12.8. The third kappa shape index (κ3) is 3.62. The smallest absolute Gasteiger partial charge is 0.186 e. The Bertz CT molecular complexity index is 898. The SMILES string of the molecule is CCc1nnc([C@H]2C(=N)S/C(=C\c3ccccc3OCC#N)C2=O)s1. The Kier molecular flexibility index (Phi) is 5.26. The van der Waals surface area contributed by atoms with Gasteiger partial charge in [-0.3, -0.25) is 10.2 Å². The fourth-order valence-electron chi connectivity index (χ4n) is 2.32. The van der Waals surface area contributed by atoms with Gasteiger partial charge in [0, 0.05) is 5.56 Å². The molecule has 0 saturated carbocycles. The lowest BCUT2D eigenvalue weighted by Gasteiger charge is -2.06. The van der Waals surface area contributed by atoms with Crippen molar-refractivity contribution in [1.29, 1.82) is 10.7 Å². The lowest BCUT2D eigenvalue weighted by Crippen LogP contribution is -2.11. The number of thioether (sulfide) groups is 1. The molecule has 0 bridgehead atoms. The molecule has 0 unspecified atom stereocenters. The Morgan fingerprint density at radius 3 is 2.92 bits per heavy atom. The lowest BCUT2D eigenvalue weighted by molar-refractivity contribution is -0.114. The first-order valence-corrected chi connectivity index (χ1v) is 9.20. The van der Waals surface area contributed by atoms with Crippen LogP contribution in [0, 0.1) is 16.7 Å². The fourth-order valence-corrected chi connectivity index (χ4v) is 4.27. The minimum atomic E-state index is -0.666. The summed E-state index contributed by atoms with van der Waals surface area (Å²) in [6.07, 6.45) is 2.46. The first-order valence-electron chi connectivity index (χ1n) is 7.57. The number of ketones is 1. The zero-order valence-electron chi connectivity index (χ0n) is 13.4. The molecule has 1 saturated heterocycles. The van der Waals surface area contributed by atoms with E-state index in [9.17, 15) is 4.79 Å². The van der Waals surface area contributed by atoms with Crippen molar-refractivity contribution in [3.8, 4) is 11.8 Å². The predicted octanol–water partition coefficient (Wildman–Crippen LogP) is 3.42. The third-order valence-corrected chi connectivity index (χ3v) is 5.64. The Morgan fingerprint density at radius 1 is 1.40 bits per heavy atom. The summed E-state index contributed by atoms with van der Waals surface area (Å²) in [5.74, 6) is -0.283. The summed E-state index contributed by atoms with van der Waals surface area (Å²) in [4.78, 5) is 13.2. The lowest BCUT2D eigenvalue weighted by atomic mass is 10.0. The molecule has 3 rings (SSSR count). The van der Waals surface area contributed by atoms with E-state index < -0.39 is 5.92 Å². The molecular weight excluding hydrogens is 356 g/mol. The van der Waals surface area contributed by atoms with Crippen molar-refractivity contribution in [2.75, 3.05) is 6.61 Å². The number of allylic oxidation sites excluding steroid dienone is 1. The molecule has 1 N–H and O–H groups in total. The van der Waals surface area contributed by atoms with Crippen LogP contribution in [0.25, 0.3) is 6.08 Å². The Hall–Kier alpha value is -2.50.